The SMILES string of the molecule is [2H]c1c([2H])c([2H])c2c(c1[2H])-c1c(c([2H])c([2H])c3c4c([2H])c([2H])c([2H])c([2H])c4n(-c4nc(-c5ccccc5)nc(-c5ccccc5)n4)c13)C2(C([2H])([2H])[2H])C([2H])([2H])[2H]. The lowest BCUT2D eigenvalue weighted by Crippen LogP contribution is -2.14. The van der Waals surface area contributed by atoms with Gasteiger partial charge < -0.3 is 0 Å². The molecule has 1 aliphatic rings. The van der Waals surface area contributed by atoms with Gasteiger partial charge in [0.25, 0.3) is 0 Å². The number of nitrogens with zero attached hydrogens (tertiary/aromatic N) is 4. The van der Waals surface area contributed by atoms with Gasteiger partial charge >= 0.3 is 0 Å². The molecule has 2 heterocycles. The molecule has 8 rings (SSSR count). The molecule has 5 aromatic carbocycles. The number of hydrogen-bond donors (Lipinski definition) is 0. The Kier molecular flexibility index (Phi) is 2.53. The van der Waals surface area contributed by atoms with E-state index in [9.17, 15) is 4.11 Å². The third-order valence-electron chi connectivity index (χ3n) is 6.98. The van der Waals surface area contributed by atoms with Crippen molar-refractivity contribution in [3.8, 4) is 39.9 Å². The fourth-order valence-electron chi connectivity index (χ4n) is 5.19. The minimum absolute atomic E-state index is 0.0896. The molecule has 0 bridgehead atoms. The predicted molar refractivity (Wildman–Crippen MR) is 163 cm³/mol. The third-order valence-corrected chi connectivity index (χ3v) is 6.98. The highest BCUT2D eigenvalue weighted by molar-refractivity contribution is 6.15. The summed E-state index contributed by atoms with van der Waals surface area (Å²) >= 11 is 0. The number of aromatic nitrogens is 4. The van der Waals surface area contributed by atoms with Crippen molar-refractivity contribution in [3.63, 3.8) is 0 Å². The van der Waals surface area contributed by atoms with Gasteiger partial charge in [-0.25, -0.2) is 4.98 Å². The van der Waals surface area contributed by atoms with E-state index in [1.54, 1.807) is 60.7 Å². The Labute approximate surface area is 255 Å². The van der Waals surface area contributed by atoms with Gasteiger partial charge in [0.2, 0.25) is 5.95 Å². The van der Waals surface area contributed by atoms with Gasteiger partial charge in [-0.15, -0.1) is 0 Å². The second kappa shape index (κ2) is 8.45. The molecule has 7 aromatic rings. The molecule has 0 amide bonds. The zero-order valence-corrected chi connectivity index (χ0v) is 20.6. The molecule has 0 unspecified atom stereocenters. The first-order valence-corrected chi connectivity index (χ1v) is 12.3. The highest BCUT2D eigenvalue weighted by Crippen LogP contribution is 2.52. The van der Waals surface area contributed by atoms with E-state index in [4.69, 9.17) is 27.8 Å². The number of fused-ring (bicyclic) bond motifs is 7. The molecule has 0 saturated heterocycles. The number of rotatable bonds is 3. The van der Waals surface area contributed by atoms with E-state index >= 15 is 0 Å². The molecule has 0 N–H and O–H groups in total. The Balaban J connectivity index is 1.73. The maximum absolute atomic E-state index is 9.40. The van der Waals surface area contributed by atoms with E-state index in [1.807, 2.05) is 0 Å². The summed E-state index contributed by atoms with van der Waals surface area (Å²) in [5.41, 5.74) is -5.66. The summed E-state index contributed by atoms with van der Waals surface area (Å²) in [6.07, 6.45) is 0. The Hall–Kier alpha value is -5.09. The monoisotopic (exact) mass is 530 g/mol. The van der Waals surface area contributed by atoms with Crippen molar-refractivity contribution in [1.82, 2.24) is 19.5 Å². The summed E-state index contributed by atoms with van der Waals surface area (Å²) in [4.78, 5) is 14.2. The van der Waals surface area contributed by atoms with Crippen molar-refractivity contribution in [2.24, 2.45) is 0 Å². The second-order valence-corrected chi connectivity index (χ2v) is 9.30. The van der Waals surface area contributed by atoms with Crippen LogP contribution in [-0.4, -0.2) is 19.5 Å². The summed E-state index contributed by atoms with van der Waals surface area (Å²) in [7, 11) is 0. The largest absolute Gasteiger partial charge is 0.277 e. The molecular weight excluding hydrogens is 488 g/mol. The first-order chi connectivity index (χ1) is 26.3. The van der Waals surface area contributed by atoms with Gasteiger partial charge in [0.1, 0.15) is 0 Å². The maximum Gasteiger partial charge on any atom is 0.238 e. The number of para-hydroxylation sites is 1. The van der Waals surface area contributed by atoms with Gasteiger partial charge in [-0.1, -0.05) is 129 Å². The number of hydrogen-bond acceptors (Lipinski definition) is 3. The van der Waals surface area contributed by atoms with Crippen molar-refractivity contribution >= 4 is 21.8 Å². The van der Waals surface area contributed by atoms with Crippen LogP contribution in [0.15, 0.2) is 121 Å². The van der Waals surface area contributed by atoms with E-state index < -0.39 is 102 Å². The zero-order valence-electron chi connectivity index (χ0n) is 36.6. The van der Waals surface area contributed by atoms with Crippen molar-refractivity contribution in [3.05, 3.63) is 132 Å². The van der Waals surface area contributed by atoms with Crippen LogP contribution in [0.5, 0.6) is 0 Å². The fraction of sp³-hybridized carbons (Fsp3) is 0.0833. The molecule has 4 heteroatoms. The predicted octanol–water partition coefficient (Wildman–Crippen LogP) is 8.61. The Bertz CT molecular complexity index is 2760. The molecule has 0 aliphatic heterocycles. The van der Waals surface area contributed by atoms with Gasteiger partial charge in [0.05, 0.1) is 24.7 Å². The van der Waals surface area contributed by atoms with Crippen molar-refractivity contribution in [1.29, 1.82) is 0 Å². The lowest BCUT2D eigenvalue weighted by atomic mass is 9.82. The standard InChI is InChI=1S/C36H26N4/c1-36(2)28-19-11-9-18-27(28)31-29(36)22-21-26-25-17-10-12-20-30(25)40(32(26)31)35-38-33(23-13-5-3-6-14-23)37-34(39-35)24-15-7-4-8-16-24/h3-22H,1-2H3/i1D3,2D3,9D,10D,11D,12D,17D,18D,19D,20D,21D,22D. The minimum atomic E-state index is -3.62. The average Bonchev–Trinajstić information content (AvgIpc) is 3.70. The van der Waals surface area contributed by atoms with Gasteiger partial charge in [-0.05, 0) is 22.7 Å². The molecule has 0 saturated carbocycles. The molecule has 2 aromatic heterocycles. The summed E-state index contributed by atoms with van der Waals surface area (Å²) in [6.45, 7) is -7.25. The number of benzene rings is 5. The lowest BCUT2D eigenvalue weighted by molar-refractivity contribution is 0.660. The molecule has 190 valence electrons. The smallest absolute Gasteiger partial charge is 0.238 e. The van der Waals surface area contributed by atoms with Crippen LogP contribution in [0.3, 0.4) is 0 Å². The molecule has 1 aliphatic carbocycles. The van der Waals surface area contributed by atoms with Crippen LogP contribution in [-0.2, 0) is 5.41 Å². The van der Waals surface area contributed by atoms with E-state index in [0.717, 1.165) is 4.57 Å². The van der Waals surface area contributed by atoms with E-state index in [0.29, 0.717) is 11.1 Å². The van der Waals surface area contributed by atoms with Gasteiger partial charge in [-0.3, -0.25) is 4.57 Å². The van der Waals surface area contributed by atoms with Crippen LogP contribution in [0.25, 0.3) is 61.7 Å². The molecule has 0 fully saturated rings. The van der Waals surface area contributed by atoms with E-state index in [2.05, 4.69) is 4.98 Å². The Morgan fingerprint density at radius 3 is 2.00 bits per heavy atom. The topological polar surface area (TPSA) is 43.6 Å². The van der Waals surface area contributed by atoms with Gasteiger partial charge in [-0.2, -0.15) is 9.97 Å². The first-order valence-electron chi connectivity index (χ1n) is 20.3. The molecular formula is C36H26N4. The maximum atomic E-state index is 9.40. The first kappa shape index (κ1) is 12.0. The van der Waals surface area contributed by atoms with E-state index in [1.165, 1.54) is 0 Å². The van der Waals surface area contributed by atoms with Crippen molar-refractivity contribution < 1.29 is 21.9 Å². The van der Waals surface area contributed by atoms with Crippen LogP contribution in [0.2, 0.25) is 0 Å². The molecule has 0 atom stereocenters. The fourth-order valence-corrected chi connectivity index (χ4v) is 5.19. The van der Waals surface area contributed by atoms with Crippen molar-refractivity contribution in [2.45, 2.75) is 19.1 Å². The van der Waals surface area contributed by atoms with Crippen molar-refractivity contribution in [2.75, 3.05) is 0 Å². The zero-order chi connectivity index (χ0) is 40.5. The minimum Gasteiger partial charge on any atom is -0.277 e. The summed E-state index contributed by atoms with van der Waals surface area (Å²) in [5, 5.41) is -0.651. The van der Waals surface area contributed by atoms with Crippen LogP contribution >= 0.6 is 0 Å². The molecule has 40 heavy (non-hydrogen) atoms. The summed E-state index contributed by atoms with van der Waals surface area (Å²) in [5.74, 6) is -0.136. The highest BCUT2D eigenvalue weighted by Gasteiger charge is 2.37. The highest BCUT2D eigenvalue weighted by atomic mass is 15.2. The summed E-state index contributed by atoms with van der Waals surface area (Å²) in [6, 6.07) is 9.29. The lowest BCUT2D eigenvalue weighted by Gasteiger charge is -2.21. The van der Waals surface area contributed by atoms with Gasteiger partial charge in [0, 0.05) is 41.1 Å². The van der Waals surface area contributed by atoms with Crippen LogP contribution in [0.4, 0.5) is 0 Å². The third kappa shape index (κ3) is 3.23. The Morgan fingerprint density at radius 2 is 1.30 bits per heavy atom. The van der Waals surface area contributed by atoms with Crippen LogP contribution in [0, 0.1) is 0 Å². The summed E-state index contributed by atoms with van der Waals surface area (Å²) < 4.78 is 143. The second-order valence-electron chi connectivity index (χ2n) is 9.30. The molecule has 4 nitrogen and oxygen atoms in total. The van der Waals surface area contributed by atoms with Crippen LogP contribution in [0.1, 0.15) is 46.8 Å². The van der Waals surface area contributed by atoms with Crippen LogP contribution < -0.4 is 0 Å². The molecule has 0 radical (unpaired) electrons. The normalized spacial score (nSPS) is 19.8. The average molecular weight is 531 g/mol. The molecule has 0 spiro atoms. The quantitative estimate of drug-likeness (QED) is 0.230. The Morgan fingerprint density at radius 1 is 0.650 bits per heavy atom. The van der Waals surface area contributed by atoms with Gasteiger partial charge in [0.15, 0.2) is 11.6 Å². The van der Waals surface area contributed by atoms with E-state index in [-0.39, 0.29) is 39.4 Å².